The van der Waals surface area contributed by atoms with Crippen LogP contribution in [0.1, 0.15) is 23.0 Å². The van der Waals surface area contributed by atoms with Gasteiger partial charge in [0, 0.05) is 39.3 Å². The van der Waals surface area contributed by atoms with Gasteiger partial charge in [-0.25, -0.2) is 4.39 Å². The van der Waals surface area contributed by atoms with Gasteiger partial charge in [-0.15, -0.1) is 0 Å². The Morgan fingerprint density at radius 3 is 2.49 bits per heavy atom. The number of hydrogen-bond donors (Lipinski definition) is 3. The van der Waals surface area contributed by atoms with E-state index in [0.29, 0.717) is 17.0 Å². The molecule has 41 heavy (non-hydrogen) atoms. The molecule has 7 nitrogen and oxygen atoms in total. The first-order valence-electron chi connectivity index (χ1n) is 13.0. The highest BCUT2D eigenvalue weighted by Crippen LogP contribution is 2.33. The van der Waals surface area contributed by atoms with Gasteiger partial charge in [0.1, 0.15) is 11.5 Å². The van der Waals surface area contributed by atoms with Crippen LogP contribution < -0.4 is 5.32 Å². The summed E-state index contributed by atoms with van der Waals surface area (Å²) in [6.07, 6.45) is 8.83. The number of benzene rings is 2. The number of amides is 1. The Morgan fingerprint density at radius 2 is 1.73 bits per heavy atom. The van der Waals surface area contributed by atoms with E-state index in [9.17, 15) is 9.18 Å². The van der Waals surface area contributed by atoms with Crippen molar-refractivity contribution >= 4 is 33.3 Å². The van der Waals surface area contributed by atoms with Crippen molar-refractivity contribution in [1.82, 2.24) is 30.5 Å². The van der Waals surface area contributed by atoms with Crippen LogP contribution in [0.25, 0.3) is 50.0 Å². The molecule has 2 aromatic carbocycles. The van der Waals surface area contributed by atoms with Crippen molar-refractivity contribution < 1.29 is 9.18 Å². The summed E-state index contributed by atoms with van der Waals surface area (Å²) < 4.78 is 13.5. The zero-order chi connectivity index (χ0) is 28.3. The Balaban J connectivity index is 1.36. The number of aromatic amines is 2. The van der Waals surface area contributed by atoms with Gasteiger partial charge in [-0.1, -0.05) is 30.9 Å². The van der Waals surface area contributed by atoms with Gasteiger partial charge in [0.25, 0.3) is 5.91 Å². The van der Waals surface area contributed by atoms with E-state index in [4.69, 9.17) is 0 Å². The molecule has 0 aliphatic heterocycles. The third-order valence-corrected chi connectivity index (χ3v) is 6.80. The van der Waals surface area contributed by atoms with E-state index >= 15 is 0 Å². The van der Waals surface area contributed by atoms with E-state index in [-0.39, 0.29) is 11.7 Å². The lowest BCUT2D eigenvalue weighted by atomic mass is 10.1. The first-order valence-corrected chi connectivity index (χ1v) is 13.0. The van der Waals surface area contributed by atoms with Crippen molar-refractivity contribution in [2.45, 2.75) is 6.92 Å². The fourth-order valence-corrected chi connectivity index (χ4v) is 4.71. The third kappa shape index (κ3) is 5.06. The molecule has 8 heteroatoms. The van der Waals surface area contributed by atoms with E-state index in [2.05, 4.69) is 37.0 Å². The zero-order valence-corrected chi connectivity index (χ0v) is 22.1. The van der Waals surface area contributed by atoms with Gasteiger partial charge in [-0.2, -0.15) is 5.10 Å². The third-order valence-electron chi connectivity index (χ3n) is 6.80. The Labute approximate surface area is 235 Å². The molecule has 4 heterocycles. The van der Waals surface area contributed by atoms with Gasteiger partial charge >= 0.3 is 0 Å². The van der Waals surface area contributed by atoms with E-state index in [0.717, 1.165) is 50.0 Å². The normalized spacial score (nSPS) is 12.1. The van der Waals surface area contributed by atoms with E-state index in [1.165, 1.54) is 12.1 Å². The lowest BCUT2D eigenvalue weighted by Gasteiger charge is -2.08. The van der Waals surface area contributed by atoms with Crippen molar-refractivity contribution in [2.24, 2.45) is 0 Å². The van der Waals surface area contributed by atoms with Crippen molar-refractivity contribution in [2.75, 3.05) is 0 Å². The summed E-state index contributed by atoms with van der Waals surface area (Å²) >= 11 is 0. The van der Waals surface area contributed by atoms with Crippen molar-refractivity contribution in [3.05, 3.63) is 133 Å². The standard InChI is InChI=1S/C33H25FN6O/c1-3-20(16-24(4-2)37-33(41)22-8-6-5-7-9-22)28-17-26-30(19-36-28)39-40-32(26)29-18-25-27(38-29)14-15-35-31(25)21-10-12-23(34)13-11-21/h3-19,38H,2H2,1H3,(H,37,41)(H,39,40)/b20-3+,24-16+. The summed E-state index contributed by atoms with van der Waals surface area (Å²) in [5, 5.41) is 12.3. The molecule has 0 spiro atoms. The Hall–Kier alpha value is -5.63. The molecule has 200 valence electrons. The molecule has 4 aromatic heterocycles. The summed E-state index contributed by atoms with van der Waals surface area (Å²) in [4.78, 5) is 25.3. The van der Waals surface area contributed by atoms with Crippen LogP contribution in [-0.4, -0.2) is 31.1 Å². The van der Waals surface area contributed by atoms with Crippen LogP contribution in [0.3, 0.4) is 0 Å². The second kappa shape index (κ2) is 10.9. The first-order chi connectivity index (χ1) is 20.0. The number of hydrogen-bond acceptors (Lipinski definition) is 4. The summed E-state index contributed by atoms with van der Waals surface area (Å²) in [5.41, 5.74) is 7.40. The summed E-state index contributed by atoms with van der Waals surface area (Å²) in [7, 11) is 0. The monoisotopic (exact) mass is 540 g/mol. The lowest BCUT2D eigenvalue weighted by Crippen LogP contribution is -2.21. The average Bonchev–Trinajstić information content (AvgIpc) is 3.64. The minimum Gasteiger partial charge on any atom is -0.353 e. The molecule has 6 rings (SSSR count). The summed E-state index contributed by atoms with van der Waals surface area (Å²) in [6.45, 7) is 5.78. The number of aromatic nitrogens is 5. The number of allylic oxidation sites excluding steroid dienone is 4. The average molecular weight is 541 g/mol. The van der Waals surface area contributed by atoms with Crippen molar-refractivity contribution in [3.63, 3.8) is 0 Å². The van der Waals surface area contributed by atoms with Crippen LogP contribution in [0.5, 0.6) is 0 Å². The van der Waals surface area contributed by atoms with E-state index in [1.807, 2.05) is 55.5 Å². The summed E-state index contributed by atoms with van der Waals surface area (Å²) in [5.74, 6) is -0.515. The summed E-state index contributed by atoms with van der Waals surface area (Å²) in [6, 6.07) is 21.2. The van der Waals surface area contributed by atoms with Crippen LogP contribution in [0, 0.1) is 5.82 Å². The van der Waals surface area contributed by atoms with Crippen LogP contribution in [0.15, 0.2) is 116 Å². The number of carbonyl (C=O) groups excluding carboxylic acids is 1. The van der Waals surface area contributed by atoms with Gasteiger partial charge < -0.3 is 10.3 Å². The number of nitrogens with zero attached hydrogens (tertiary/aromatic N) is 3. The topological polar surface area (TPSA) is 99.3 Å². The zero-order valence-electron chi connectivity index (χ0n) is 22.1. The SMILES string of the molecule is C=C/C(=C\C(=C/C)c1cc2c(-c3cc4c(-c5ccc(F)cc5)nccc4[nH]3)n[nH]c2cn1)NC(=O)c1ccccc1. The Morgan fingerprint density at radius 1 is 0.951 bits per heavy atom. The van der Waals surface area contributed by atoms with Crippen LogP contribution in [0.2, 0.25) is 0 Å². The van der Waals surface area contributed by atoms with Gasteiger partial charge in [0.15, 0.2) is 0 Å². The number of H-pyrrole nitrogens is 2. The molecule has 0 saturated heterocycles. The molecule has 0 bridgehead atoms. The van der Waals surface area contributed by atoms with Gasteiger partial charge in [-0.3, -0.25) is 19.9 Å². The smallest absolute Gasteiger partial charge is 0.255 e. The quantitative estimate of drug-likeness (QED) is 0.186. The second-order valence-electron chi connectivity index (χ2n) is 9.37. The molecular formula is C33H25FN6O. The second-order valence-corrected chi connectivity index (χ2v) is 9.37. The highest BCUT2D eigenvalue weighted by atomic mass is 19.1. The highest BCUT2D eigenvalue weighted by Gasteiger charge is 2.16. The number of nitrogens with one attached hydrogen (secondary N) is 3. The van der Waals surface area contributed by atoms with Crippen LogP contribution >= 0.6 is 0 Å². The first kappa shape index (κ1) is 25.6. The Kier molecular flexibility index (Phi) is 6.79. The Bertz CT molecular complexity index is 1970. The molecule has 0 atom stereocenters. The van der Waals surface area contributed by atoms with Crippen molar-refractivity contribution in [3.8, 4) is 22.6 Å². The minimum atomic E-state index is -0.294. The molecule has 0 radical (unpaired) electrons. The maximum absolute atomic E-state index is 13.5. The minimum absolute atomic E-state index is 0.221. The van der Waals surface area contributed by atoms with Crippen LogP contribution in [-0.2, 0) is 0 Å². The number of rotatable bonds is 7. The number of carbonyl (C=O) groups is 1. The predicted octanol–water partition coefficient (Wildman–Crippen LogP) is 7.21. The van der Waals surface area contributed by atoms with E-state index in [1.54, 1.807) is 42.7 Å². The van der Waals surface area contributed by atoms with Crippen LogP contribution in [0.4, 0.5) is 4.39 Å². The number of fused-ring (bicyclic) bond motifs is 2. The van der Waals surface area contributed by atoms with Gasteiger partial charge in [0.2, 0.25) is 0 Å². The van der Waals surface area contributed by atoms with Gasteiger partial charge in [-0.05, 0) is 79.2 Å². The number of pyridine rings is 2. The molecule has 1 amide bonds. The van der Waals surface area contributed by atoms with Crippen molar-refractivity contribution in [1.29, 1.82) is 0 Å². The molecule has 0 unspecified atom stereocenters. The maximum Gasteiger partial charge on any atom is 0.255 e. The molecular weight excluding hydrogens is 515 g/mol. The molecule has 0 saturated carbocycles. The number of halogens is 1. The maximum atomic E-state index is 13.5. The molecule has 3 N–H and O–H groups in total. The van der Waals surface area contributed by atoms with Gasteiger partial charge in [0.05, 0.1) is 28.8 Å². The molecule has 0 aliphatic carbocycles. The fourth-order valence-electron chi connectivity index (χ4n) is 4.71. The largest absolute Gasteiger partial charge is 0.353 e. The molecule has 0 fully saturated rings. The molecule has 6 aromatic rings. The lowest BCUT2D eigenvalue weighted by molar-refractivity contribution is 0.0967. The van der Waals surface area contributed by atoms with E-state index < -0.39 is 0 Å². The molecule has 0 aliphatic rings. The predicted molar refractivity (Wildman–Crippen MR) is 160 cm³/mol. The highest BCUT2D eigenvalue weighted by molar-refractivity contribution is 6.00. The fraction of sp³-hybridized carbons (Fsp3) is 0.0303.